The molecule has 2 heteroatoms. The number of hydrogen-bond donors (Lipinski definition) is 0. The van der Waals surface area contributed by atoms with Crippen molar-refractivity contribution in [2.24, 2.45) is 0 Å². The Balaban J connectivity index is 2.15. The fourth-order valence-corrected chi connectivity index (χ4v) is 2.64. The minimum Gasteiger partial charge on any atom is -0.269 e. The van der Waals surface area contributed by atoms with Gasteiger partial charge in [0, 0.05) is 5.30 Å². The second-order valence-electron chi connectivity index (χ2n) is 4.59. The van der Waals surface area contributed by atoms with Crippen molar-refractivity contribution in [3.05, 3.63) is 78.9 Å². The van der Waals surface area contributed by atoms with E-state index < -0.39 is 0 Å². The summed E-state index contributed by atoms with van der Waals surface area (Å²) in [5.41, 5.74) is 4.45. The smallest absolute Gasteiger partial charge is 0.192 e. The average Bonchev–Trinajstić information content (AvgIpc) is 2.56. The van der Waals surface area contributed by atoms with Gasteiger partial charge >= 0.3 is 0 Å². The first-order valence-electron chi connectivity index (χ1n) is 6.46. The lowest BCUT2D eigenvalue weighted by Crippen LogP contribution is -1.94. The first kappa shape index (κ1) is 12.8. The van der Waals surface area contributed by atoms with Gasteiger partial charge in [0.15, 0.2) is 8.46 Å². The third-order valence-corrected chi connectivity index (χ3v) is 3.71. The van der Waals surface area contributed by atoms with Crippen LogP contribution in [-0.2, 0) is 4.57 Å². The van der Waals surface area contributed by atoms with Gasteiger partial charge in [-0.1, -0.05) is 60.7 Å². The van der Waals surface area contributed by atoms with Crippen LogP contribution in [0.5, 0.6) is 0 Å². The molecule has 0 spiro atoms. The maximum atomic E-state index is 11.3. The van der Waals surface area contributed by atoms with Crippen LogP contribution in [0.2, 0.25) is 0 Å². The molecule has 0 heterocycles. The van der Waals surface area contributed by atoms with Gasteiger partial charge in [-0.3, -0.25) is 4.57 Å². The highest BCUT2D eigenvalue weighted by molar-refractivity contribution is 7.34. The summed E-state index contributed by atoms with van der Waals surface area (Å²) in [6.07, 6.45) is 0. The van der Waals surface area contributed by atoms with E-state index >= 15 is 0 Å². The Bertz CT molecular complexity index is 663. The maximum Gasteiger partial charge on any atom is 0.192 e. The number of rotatable bonds is 3. The van der Waals surface area contributed by atoms with E-state index in [2.05, 4.69) is 30.3 Å². The van der Waals surface area contributed by atoms with Crippen LogP contribution >= 0.6 is 8.46 Å². The van der Waals surface area contributed by atoms with E-state index in [9.17, 15) is 4.57 Å². The molecule has 3 rings (SSSR count). The minimum atomic E-state index is 0.0495. The highest BCUT2D eigenvalue weighted by atomic mass is 31.1. The van der Waals surface area contributed by atoms with Crippen molar-refractivity contribution < 1.29 is 4.57 Å². The molecule has 0 amide bonds. The van der Waals surface area contributed by atoms with Gasteiger partial charge < -0.3 is 0 Å². The lowest BCUT2D eigenvalue weighted by atomic mass is 9.99. The van der Waals surface area contributed by atoms with Crippen LogP contribution in [0, 0.1) is 0 Å². The molecule has 20 heavy (non-hydrogen) atoms. The van der Waals surface area contributed by atoms with Crippen LogP contribution in [0.4, 0.5) is 0 Å². The Hall–Kier alpha value is -2.24. The average molecular weight is 276 g/mol. The highest BCUT2D eigenvalue weighted by Crippen LogP contribution is 2.26. The van der Waals surface area contributed by atoms with Gasteiger partial charge in [0.1, 0.15) is 0 Å². The molecule has 0 fully saturated rings. The van der Waals surface area contributed by atoms with E-state index in [4.69, 9.17) is 0 Å². The molecule has 0 bridgehead atoms. The highest BCUT2D eigenvalue weighted by Gasteiger charge is 2.05. The van der Waals surface area contributed by atoms with E-state index in [0.717, 1.165) is 27.6 Å². The van der Waals surface area contributed by atoms with E-state index in [0.29, 0.717) is 0 Å². The van der Waals surface area contributed by atoms with Crippen molar-refractivity contribution in [3.63, 3.8) is 0 Å². The summed E-state index contributed by atoms with van der Waals surface area (Å²) in [7, 11) is 0.0495. The Morgan fingerprint density at radius 2 is 1.00 bits per heavy atom. The monoisotopic (exact) mass is 276 g/mol. The molecule has 96 valence electrons. The zero-order valence-electron chi connectivity index (χ0n) is 10.9. The second kappa shape index (κ2) is 5.81. The van der Waals surface area contributed by atoms with Crippen LogP contribution in [0.25, 0.3) is 22.3 Å². The van der Waals surface area contributed by atoms with Crippen molar-refractivity contribution in [1.29, 1.82) is 0 Å². The Morgan fingerprint density at radius 1 is 0.550 bits per heavy atom. The molecule has 0 saturated carbocycles. The maximum absolute atomic E-state index is 11.3. The first-order chi connectivity index (χ1) is 9.86. The lowest BCUT2D eigenvalue weighted by Gasteiger charge is -2.07. The SMILES string of the molecule is O=Pc1cc(-c2ccccc2)cc(-c2ccccc2)c1. The van der Waals surface area contributed by atoms with Crippen LogP contribution < -0.4 is 5.30 Å². The van der Waals surface area contributed by atoms with Crippen LogP contribution in [0.1, 0.15) is 0 Å². The summed E-state index contributed by atoms with van der Waals surface area (Å²) in [5, 5.41) is 0.796. The van der Waals surface area contributed by atoms with Gasteiger partial charge in [-0.2, -0.15) is 0 Å². The van der Waals surface area contributed by atoms with Gasteiger partial charge in [0.05, 0.1) is 0 Å². The van der Waals surface area contributed by atoms with E-state index in [1.165, 1.54) is 0 Å². The topological polar surface area (TPSA) is 17.1 Å². The minimum absolute atomic E-state index is 0.0495. The summed E-state index contributed by atoms with van der Waals surface area (Å²) in [4.78, 5) is 0. The van der Waals surface area contributed by atoms with Crippen molar-refractivity contribution in [1.82, 2.24) is 0 Å². The summed E-state index contributed by atoms with van der Waals surface area (Å²) < 4.78 is 11.3. The Labute approximate surface area is 120 Å². The zero-order valence-corrected chi connectivity index (χ0v) is 11.8. The van der Waals surface area contributed by atoms with Gasteiger partial charge in [-0.05, 0) is 40.5 Å². The Morgan fingerprint density at radius 3 is 1.40 bits per heavy atom. The molecule has 0 aromatic heterocycles. The van der Waals surface area contributed by atoms with E-state index in [1.807, 2.05) is 48.5 Å². The molecule has 0 aliphatic heterocycles. The first-order valence-corrected chi connectivity index (χ1v) is 7.27. The molecule has 3 aromatic rings. The van der Waals surface area contributed by atoms with Crippen molar-refractivity contribution >= 4 is 13.8 Å². The summed E-state index contributed by atoms with van der Waals surface area (Å²) in [5.74, 6) is 0. The molecule has 0 unspecified atom stereocenters. The quantitative estimate of drug-likeness (QED) is 0.619. The molecular formula is C18H13OP. The van der Waals surface area contributed by atoms with Gasteiger partial charge in [0.2, 0.25) is 0 Å². The number of benzene rings is 3. The predicted molar refractivity (Wildman–Crippen MR) is 84.6 cm³/mol. The molecule has 0 atom stereocenters. The van der Waals surface area contributed by atoms with Crippen molar-refractivity contribution in [2.75, 3.05) is 0 Å². The molecule has 1 nitrogen and oxygen atoms in total. The molecule has 0 radical (unpaired) electrons. The van der Waals surface area contributed by atoms with Crippen molar-refractivity contribution in [3.8, 4) is 22.3 Å². The van der Waals surface area contributed by atoms with Gasteiger partial charge in [-0.15, -0.1) is 0 Å². The van der Waals surface area contributed by atoms with Crippen LogP contribution in [-0.4, -0.2) is 0 Å². The molecule has 3 aromatic carbocycles. The van der Waals surface area contributed by atoms with Gasteiger partial charge in [-0.25, -0.2) is 0 Å². The van der Waals surface area contributed by atoms with Crippen molar-refractivity contribution in [2.45, 2.75) is 0 Å². The fourth-order valence-electron chi connectivity index (χ4n) is 2.26. The summed E-state index contributed by atoms with van der Waals surface area (Å²) >= 11 is 0. The third-order valence-electron chi connectivity index (χ3n) is 3.24. The second-order valence-corrected chi connectivity index (χ2v) is 5.29. The largest absolute Gasteiger partial charge is 0.269 e. The lowest BCUT2D eigenvalue weighted by molar-refractivity contribution is 0.603. The van der Waals surface area contributed by atoms with E-state index in [-0.39, 0.29) is 8.46 Å². The fraction of sp³-hybridized carbons (Fsp3) is 0. The van der Waals surface area contributed by atoms with Crippen LogP contribution in [0.3, 0.4) is 0 Å². The van der Waals surface area contributed by atoms with Crippen LogP contribution in [0.15, 0.2) is 78.9 Å². The van der Waals surface area contributed by atoms with E-state index in [1.54, 1.807) is 0 Å². The summed E-state index contributed by atoms with van der Waals surface area (Å²) in [6, 6.07) is 26.4. The Kier molecular flexibility index (Phi) is 3.71. The predicted octanol–water partition coefficient (Wildman–Crippen LogP) is 4.94. The number of hydrogen-bond acceptors (Lipinski definition) is 1. The standard InChI is InChI=1S/C18H13OP/c19-20-18-12-16(14-7-3-1-4-8-14)11-17(13-18)15-9-5-2-6-10-15/h1-13H. The normalized spacial score (nSPS) is 10.6. The molecular weight excluding hydrogens is 263 g/mol. The molecule has 0 saturated heterocycles. The third kappa shape index (κ3) is 2.68. The molecule has 0 aliphatic carbocycles. The van der Waals surface area contributed by atoms with Gasteiger partial charge in [0.25, 0.3) is 0 Å². The summed E-state index contributed by atoms with van der Waals surface area (Å²) in [6.45, 7) is 0. The molecule has 0 N–H and O–H groups in total. The molecule has 0 aliphatic rings. The zero-order chi connectivity index (χ0) is 13.8.